The molecule has 0 aliphatic carbocycles. The smallest absolute Gasteiger partial charge is 0.416 e. The van der Waals surface area contributed by atoms with Gasteiger partial charge in [0.1, 0.15) is 0 Å². The first-order chi connectivity index (χ1) is 15.1. The summed E-state index contributed by atoms with van der Waals surface area (Å²) in [5.41, 5.74) is 2.48. The molecule has 4 nitrogen and oxygen atoms in total. The van der Waals surface area contributed by atoms with E-state index in [2.05, 4.69) is 5.32 Å². The number of carboxylic acid groups (broad SMARTS) is 1. The van der Waals surface area contributed by atoms with Crippen LogP contribution in [0.3, 0.4) is 0 Å². The summed E-state index contributed by atoms with van der Waals surface area (Å²) >= 11 is 1.49. The minimum absolute atomic E-state index is 0.204. The van der Waals surface area contributed by atoms with E-state index < -0.39 is 17.7 Å². The van der Waals surface area contributed by atoms with Crippen LogP contribution in [0, 0.1) is 13.8 Å². The molecule has 0 fully saturated rings. The largest absolute Gasteiger partial charge is 0.478 e. The van der Waals surface area contributed by atoms with E-state index in [1.54, 1.807) is 12.1 Å². The highest BCUT2D eigenvalue weighted by molar-refractivity contribution is 7.12. The van der Waals surface area contributed by atoms with E-state index in [1.807, 2.05) is 13.8 Å². The number of carbonyl (C=O) groups excluding carboxylic acids is 1. The molecule has 168 valence electrons. The molecule has 1 aromatic heterocycles. The summed E-state index contributed by atoms with van der Waals surface area (Å²) in [6.45, 7) is 4.13. The van der Waals surface area contributed by atoms with Gasteiger partial charge in [0.05, 0.1) is 16.7 Å². The molecule has 1 amide bonds. The number of halogens is 3. The van der Waals surface area contributed by atoms with E-state index in [-0.39, 0.29) is 11.5 Å². The van der Waals surface area contributed by atoms with Gasteiger partial charge in [-0.05, 0) is 67.6 Å². The van der Waals surface area contributed by atoms with Crippen LogP contribution in [0.25, 0.3) is 0 Å². The van der Waals surface area contributed by atoms with Crippen molar-refractivity contribution in [2.75, 3.05) is 6.54 Å². The minimum Gasteiger partial charge on any atom is -0.478 e. The van der Waals surface area contributed by atoms with Crippen LogP contribution in [0.5, 0.6) is 0 Å². The van der Waals surface area contributed by atoms with Crippen LogP contribution >= 0.6 is 11.3 Å². The minimum atomic E-state index is -4.38. The van der Waals surface area contributed by atoms with Gasteiger partial charge >= 0.3 is 12.1 Å². The lowest BCUT2D eigenvalue weighted by Crippen LogP contribution is -2.27. The van der Waals surface area contributed by atoms with E-state index in [4.69, 9.17) is 5.11 Å². The Morgan fingerprint density at radius 1 is 0.938 bits per heavy atom. The molecule has 2 aromatic carbocycles. The molecule has 0 bridgehead atoms. The maximum Gasteiger partial charge on any atom is 0.416 e. The number of hydrogen-bond acceptors (Lipinski definition) is 3. The Balaban J connectivity index is 1.68. The van der Waals surface area contributed by atoms with Gasteiger partial charge in [0.15, 0.2) is 0 Å². The Labute approximate surface area is 187 Å². The normalized spacial score (nSPS) is 11.4. The Morgan fingerprint density at radius 3 is 2.09 bits per heavy atom. The zero-order chi connectivity index (χ0) is 23.5. The molecule has 0 saturated heterocycles. The molecule has 3 aromatic rings. The van der Waals surface area contributed by atoms with Crippen molar-refractivity contribution in [3.05, 3.63) is 91.7 Å². The SMILES string of the molecule is Cc1sc(C)c(C(=O)NCCc2ccc(C(=O)O)cc2)c1Cc1ccc(C(F)(F)F)cc1. The van der Waals surface area contributed by atoms with Crippen molar-refractivity contribution in [2.45, 2.75) is 32.9 Å². The third-order valence-electron chi connectivity index (χ3n) is 5.17. The maximum absolute atomic E-state index is 12.9. The second-order valence-electron chi connectivity index (χ2n) is 7.45. The highest BCUT2D eigenvalue weighted by Gasteiger charge is 2.30. The topological polar surface area (TPSA) is 66.4 Å². The van der Waals surface area contributed by atoms with E-state index in [9.17, 15) is 22.8 Å². The van der Waals surface area contributed by atoms with Crippen LogP contribution in [0.4, 0.5) is 13.2 Å². The third kappa shape index (κ3) is 5.56. The number of rotatable bonds is 7. The summed E-state index contributed by atoms with van der Waals surface area (Å²) in [5, 5.41) is 11.9. The molecule has 2 N–H and O–H groups in total. The zero-order valence-corrected chi connectivity index (χ0v) is 18.4. The van der Waals surface area contributed by atoms with Gasteiger partial charge in [0.25, 0.3) is 5.91 Å². The summed E-state index contributed by atoms with van der Waals surface area (Å²) in [7, 11) is 0. The molecular formula is C24H22F3NO3S. The van der Waals surface area contributed by atoms with Crippen LogP contribution in [0.2, 0.25) is 0 Å². The number of alkyl halides is 3. The predicted molar refractivity (Wildman–Crippen MR) is 117 cm³/mol. The van der Waals surface area contributed by atoms with Gasteiger partial charge < -0.3 is 10.4 Å². The second-order valence-corrected chi connectivity index (χ2v) is 8.88. The van der Waals surface area contributed by atoms with Crippen molar-refractivity contribution in [3.8, 4) is 0 Å². The number of hydrogen-bond donors (Lipinski definition) is 2. The summed E-state index contributed by atoms with van der Waals surface area (Å²) in [4.78, 5) is 25.6. The van der Waals surface area contributed by atoms with Crippen molar-refractivity contribution in [2.24, 2.45) is 0 Å². The Kier molecular flexibility index (Phi) is 7.03. The van der Waals surface area contributed by atoms with Gasteiger partial charge in [0.2, 0.25) is 0 Å². The van der Waals surface area contributed by atoms with Crippen molar-refractivity contribution in [3.63, 3.8) is 0 Å². The first-order valence-corrected chi connectivity index (χ1v) is 10.7. The van der Waals surface area contributed by atoms with Crippen molar-refractivity contribution < 1.29 is 27.9 Å². The molecule has 0 saturated carbocycles. The van der Waals surface area contributed by atoms with E-state index in [0.717, 1.165) is 33.0 Å². The Hall–Kier alpha value is -3.13. The number of aromatic carboxylic acids is 1. The molecule has 0 unspecified atom stereocenters. The monoisotopic (exact) mass is 461 g/mol. The summed E-state index contributed by atoms with van der Waals surface area (Å²) in [6, 6.07) is 11.5. The van der Waals surface area contributed by atoms with Crippen LogP contribution in [-0.4, -0.2) is 23.5 Å². The average molecular weight is 462 g/mol. The molecule has 0 radical (unpaired) electrons. The predicted octanol–water partition coefficient (Wildman–Crippen LogP) is 5.65. The Bertz CT molecular complexity index is 1120. The molecule has 0 atom stereocenters. The standard InChI is InChI=1S/C24H22F3NO3S/c1-14-20(13-17-5-9-19(10-6-17)24(25,26)27)21(15(2)32-14)22(29)28-12-11-16-3-7-18(8-4-16)23(30)31/h3-10H,11-13H2,1-2H3,(H,28,29)(H,30,31). The van der Waals surface area contributed by atoms with E-state index in [1.165, 1.54) is 35.6 Å². The number of carbonyl (C=O) groups is 2. The van der Waals surface area contributed by atoms with Crippen molar-refractivity contribution in [1.29, 1.82) is 0 Å². The number of aryl methyl sites for hydroxylation is 2. The maximum atomic E-state index is 12.9. The van der Waals surface area contributed by atoms with Gasteiger partial charge in [-0.2, -0.15) is 13.2 Å². The van der Waals surface area contributed by atoms with Crippen LogP contribution in [0.15, 0.2) is 48.5 Å². The fourth-order valence-corrected chi connectivity index (χ4v) is 4.55. The highest BCUT2D eigenvalue weighted by Crippen LogP contribution is 2.32. The number of amides is 1. The average Bonchev–Trinajstić information content (AvgIpc) is 3.01. The zero-order valence-electron chi connectivity index (χ0n) is 17.5. The number of carboxylic acids is 1. The first kappa shape index (κ1) is 23.5. The van der Waals surface area contributed by atoms with E-state index >= 15 is 0 Å². The fourth-order valence-electron chi connectivity index (χ4n) is 3.48. The van der Waals surface area contributed by atoms with Gasteiger partial charge in [0, 0.05) is 16.3 Å². The second kappa shape index (κ2) is 9.56. The Morgan fingerprint density at radius 2 is 1.53 bits per heavy atom. The lowest BCUT2D eigenvalue weighted by atomic mass is 9.99. The number of nitrogens with one attached hydrogen (secondary N) is 1. The molecule has 3 rings (SSSR count). The number of thiophene rings is 1. The quantitative estimate of drug-likeness (QED) is 0.478. The van der Waals surface area contributed by atoms with E-state index in [0.29, 0.717) is 30.5 Å². The van der Waals surface area contributed by atoms with Gasteiger partial charge in [-0.15, -0.1) is 11.3 Å². The summed E-state index contributed by atoms with van der Waals surface area (Å²) in [6.07, 6.45) is -3.47. The first-order valence-electron chi connectivity index (χ1n) is 9.91. The van der Waals surface area contributed by atoms with Crippen LogP contribution in [-0.2, 0) is 19.0 Å². The molecule has 1 heterocycles. The fraction of sp³-hybridized carbons (Fsp3) is 0.250. The molecule has 0 aliphatic rings. The number of benzene rings is 2. The highest BCUT2D eigenvalue weighted by atomic mass is 32.1. The third-order valence-corrected chi connectivity index (χ3v) is 6.24. The van der Waals surface area contributed by atoms with Crippen LogP contribution in [0.1, 0.15) is 52.7 Å². The van der Waals surface area contributed by atoms with Crippen molar-refractivity contribution >= 4 is 23.2 Å². The van der Waals surface area contributed by atoms with Gasteiger partial charge in [-0.3, -0.25) is 4.79 Å². The van der Waals surface area contributed by atoms with Crippen molar-refractivity contribution in [1.82, 2.24) is 5.32 Å². The molecule has 0 aliphatic heterocycles. The molecule has 8 heteroatoms. The lowest BCUT2D eigenvalue weighted by Gasteiger charge is -2.10. The van der Waals surface area contributed by atoms with Gasteiger partial charge in [-0.1, -0.05) is 24.3 Å². The van der Waals surface area contributed by atoms with Crippen LogP contribution < -0.4 is 5.32 Å². The lowest BCUT2D eigenvalue weighted by molar-refractivity contribution is -0.137. The summed E-state index contributed by atoms with van der Waals surface area (Å²) in [5.74, 6) is -1.22. The molecular weight excluding hydrogens is 439 g/mol. The molecule has 32 heavy (non-hydrogen) atoms. The molecule has 0 spiro atoms. The van der Waals surface area contributed by atoms with Gasteiger partial charge in [-0.25, -0.2) is 4.79 Å². The summed E-state index contributed by atoms with van der Waals surface area (Å²) < 4.78 is 38.4.